The van der Waals surface area contributed by atoms with Gasteiger partial charge in [-0.15, -0.1) is 0 Å². The molecular formula is C26H27N3O4. The van der Waals surface area contributed by atoms with Crippen molar-refractivity contribution in [2.24, 2.45) is 0 Å². The van der Waals surface area contributed by atoms with Gasteiger partial charge in [-0.1, -0.05) is 24.3 Å². The number of hydrogen-bond donors (Lipinski definition) is 2. The third-order valence-electron chi connectivity index (χ3n) is 6.49. The van der Waals surface area contributed by atoms with Crippen molar-refractivity contribution >= 4 is 28.8 Å². The summed E-state index contributed by atoms with van der Waals surface area (Å²) in [7, 11) is 1.87. The van der Waals surface area contributed by atoms with Crippen LogP contribution in [0.1, 0.15) is 35.9 Å². The van der Waals surface area contributed by atoms with E-state index in [1.165, 1.54) is 6.21 Å². The summed E-state index contributed by atoms with van der Waals surface area (Å²) in [4.78, 5) is 15.1. The van der Waals surface area contributed by atoms with Gasteiger partial charge in [-0.05, 0) is 31.2 Å². The molecule has 0 aliphatic carbocycles. The fourth-order valence-corrected chi connectivity index (χ4v) is 4.88. The molecule has 7 nitrogen and oxygen atoms in total. The predicted molar refractivity (Wildman–Crippen MR) is 127 cm³/mol. The van der Waals surface area contributed by atoms with E-state index in [9.17, 15) is 4.79 Å². The largest absolute Gasteiger partial charge is 0.490 e. The van der Waals surface area contributed by atoms with Gasteiger partial charge >= 0.3 is 0 Å². The highest BCUT2D eigenvalue weighted by molar-refractivity contribution is 5.98. The van der Waals surface area contributed by atoms with Gasteiger partial charge in [0.2, 0.25) is 0 Å². The lowest BCUT2D eigenvalue weighted by molar-refractivity contribution is 0.0276. The standard InChI is InChI=1S/C26H27N3O4/c1-3-31-21-10-6-7-17-15-22(32-24(17)21)25(30)29-13-11-26(12-14-29)19(16-27)23(28-2)18-8-4-5-9-20(18)33-26/h4-10,15-16,27-28H,3,11-14H2,1-2H3. The van der Waals surface area contributed by atoms with Crippen LogP contribution < -0.4 is 14.8 Å². The molecule has 0 bridgehead atoms. The number of hydrogen-bond acceptors (Lipinski definition) is 6. The smallest absolute Gasteiger partial charge is 0.289 e. The lowest BCUT2D eigenvalue weighted by Gasteiger charge is -2.45. The molecule has 2 aliphatic rings. The second-order valence-electron chi connectivity index (χ2n) is 8.29. The number of carbonyl (C=O) groups is 1. The van der Waals surface area contributed by atoms with Crippen molar-refractivity contribution in [2.75, 3.05) is 26.7 Å². The van der Waals surface area contributed by atoms with Crippen LogP contribution in [0, 0.1) is 5.41 Å². The first-order valence-electron chi connectivity index (χ1n) is 11.3. The SMILES string of the molecule is CCOc1cccc2cc(C(=O)N3CCC4(CC3)Oc3ccccc3C(NC)=C4C=N)oc12. The van der Waals surface area contributed by atoms with Crippen LogP contribution in [0.2, 0.25) is 0 Å². The molecule has 170 valence electrons. The second-order valence-corrected chi connectivity index (χ2v) is 8.29. The van der Waals surface area contributed by atoms with Gasteiger partial charge in [0.25, 0.3) is 5.91 Å². The van der Waals surface area contributed by atoms with Crippen molar-refractivity contribution in [3.05, 3.63) is 65.4 Å². The minimum atomic E-state index is -0.638. The zero-order valence-corrected chi connectivity index (χ0v) is 18.8. The molecule has 1 saturated heterocycles. The third-order valence-corrected chi connectivity index (χ3v) is 6.49. The van der Waals surface area contributed by atoms with E-state index < -0.39 is 5.60 Å². The number of nitrogens with zero attached hydrogens (tertiary/aromatic N) is 1. The molecule has 1 aromatic heterocycles. The minimum Gasteiger partial charge on any atom is -0.490 e. The van der Waals surface area contributed by atoms with Crippen LogP contribution in [-0.4, -0.2) is 49.4 Å². The summed E-state index contributed by atoms with van der Waals surface area (Å²) in [6, 6.07) is 15.3. The number of ether oxygens (including phenoxy) is 2. The van der Waals surface area contributed by atoms with Crippen LogP contribution in [0.3, 0.4) is 0 Å². The molecule has 0 radical (unpaired) electrons. The van der Waals surface area contributed by atoms with E-state index in [0.717, 1.165) is 28.0 Å². The van der Waals surface area contributed by atoms with Gasteiger partial charge in [-0.3, -0.25) is 4.79 Å². The lowest BCUT2D eigenvalue weighted by Crippen LogP contribution is -2.52. The molecule has 3 heterocycles. The number of likely N-dealkylation sites (tertiary alicyclic amines) is 1. The molecule has 2 aliphatic heterocycles. The van der Waals surface area contributed by atoms with Gasteiger partial charge in [0.1, 0.15) is 11.4 Å². The highest BCUT2D eigenvalue weighted by Gasteiger charge is 2.45. The molecule has 7 heteroatoms. The summed E-state index contributed by atoms with van der Waals surface area (Å²) in [5.74, 6) is 1.60. The summed E-state index contributed by atoms with van der Waals surface area (Å²) < 4.78 is 18.1. The van der Waals surface area contributed by atoms with Gasteiger partial charge in [0.15, 0.2) is 17.1 Å². The summed E-state index contributed by atoms with van der Waals surface area (Å²) >= 11 is 0. The maximum Gasteiger partial charge on any atom is 0.289 e. The maximum atomic E-state index is 13.3. The average molecular weight is 446 g/mol. The number of amides is 1. The van der Waals surface area contributed by atoms with Crippen molar-refractivity contribution in [1.82, 2.24) is 10.2 Å². The van der Waals surface area contributed by atoms with E-state index in [2.05, 4.69) is 5.32 Å². The summed E-state index contributed by atoms with van der Waals surface area (Å²) in [6.45, 7) is 3.45. The van der Waals surface area contributed by atoms with E-state index in [1.807, 2.05) is 56.4 Å². The zero-order chi connectivity index (χ0) is 23.0. The molecule has 0 unspecified atom stereocenters. The molecule has 0 saturated carbocycles. The maximum absolute atomic E-state index is 13.3. The van der Waals surface area contributed by atoms with Crippen molar-refractivity contribution < 1.29 is 18.7 Å². The number of para-hydroxylation sites is 2. The van der Waals surface area contributed by atoms with Crippen LogP contribution in [0.25, 0.3) is 16.7 Å². The van der Waals surface area contributed by atoms with Crippen molar-refractivity contribution in [3.63, 3.8) is 0 Å². The molecule has 3 aromatic rings. The molecule has 0 atom stereocenters. The van der Waals surface area contributed by atoms with Crippen molar-refractivity contribution in [1.29, 1.82) is 5.41 Å². The number of fused-ring (bicyclic) bond motifs is 2. The topological polar surface area (TPSA) is 87.8 Å². The number of benzene rings is 2. The number of furan rings is 1. The third kappa shape index (κ3) is 3.44. The highest BCUT2D eigenvalue weighted by Crippen LogP contribution is 2.44. The Morgan fingerprint density at radius 1 is 1.21 bits per heavy atom. The number of piperidine rings is 1. The van der Waals surface area contributed by atoms with Gasteiger partial charge in [0, 0.05) is 55.7 Å². The lowest BCUT2D eigenvalue weighted by atomic mass is 9.80. The van der Waals surface area contributed by atoms with Crippen LogP contribution in [-0.2, 0) is 0 Å². The molecule has 1 fully saturated rings. The molecule has 2 aromatic carbocycles. The monoisotopic (exact) mass is 445 g/mol. The molecule has 2 N–H and O–H groups in total. The van der Waals surface area contributed by atoms with E-state index in [4.69, 9.17) is 19.3 Å². The number of nitrogens with one attached hydrogen (secondary N) is 2. The van der Waals surface area contributed by atoms with E-state index in [0.29, 0.717) is 49.6 Å². The van der Waals surface area contributed by atoms with Gasteiger partial charge < -0.3 is 29.5 Å². The number of carbonyl (C=O) groups excluding carboxylic acids is 1. The Bertz CT molecular complexity index is 1250. The van der Waals surface area contributed by atoms with Gasteiger partial charge in [0.05, 0.1) is 12.3 Å². The first-order valence-corrected chi connectivity index (χ1v) is 11.3. The van der Waals surface area contributed by atoms with E-state index in [1.54, 1.807) is 11.0 Å². The predicted octanol–water partition coefficient (Wildman–Crippen LogP) is 4.48. The molecule has 1 spiro atoms. The Kier molecular flexibility index (Phi) is 5.32. The molecular weight excluding hydrogens is 418 g/mol. The Hall–Kier alpha value is -3.74. The quantitative estimate of drug-likeness (QED) is 0.566. The van der Waals surface area contributed by atoms with Crippen LogP contribution >= 0.6 is 0 Å². The van der Waals surface area contributed by atoms with Crippen molar-refractivity contribution in [2.45, 2.75) is 25.4 Å². The Morgan fingerprint density at radius 3 is 2.73 bits per heavy atom. The first-order chi connectivity index (χ1) is 16.1. The Morgan fingerprint density at radius 2 is 2.00 bits per heavy atom. The average Bonchev–Trinajstić information content (AvgIpc) is 3.29. The van der Waals surface area contributed by atoms with E-state index >= 15 is 0 Å². The normalized spacial score (nSPS) is 17.0. The summed E-state index contributed by atoms with van der Waals surface area (Å²) in [5.41, 5.74) is 2.64. The van der Waals surface area contributed by atoms with Crippen molar-refractivity contribution in [3.8, 4) is 11.5 Å². The molecule has 5 rings (SSSR count). The van der Waals surface area contributed by atoms with Gasteiger partial charge in [-0.2, -0.15) is 0 Å². The highest BCUT2D eigenvalue weighted by atomic mass is 16.5. The van der Waals surface area contributed by atoms with Crippen LogP contribution in [0.4, 0.5) is 0 Å². The minimum absolute atomic E-state index is 0.145. The molecule has 1 amide bonds. The molecule has 33 heavy (non-hydrogen) atoms. The van der Waals surface area contributed by atoms with Gasteiger partial charge in [-0.25, -0.2) is 0 Å². The number of rotatable bonds is 5. The fraction of sp³-hybridized carbons (Fsp3) is 0.308. The summed E-state index contributed by atoms with van der Waals surface area (Å²) in [6.07, 6.45) is 2.56. The fourth-order valence-electron chi connectivity index (χ4n) is 4.88. The zero-order valence-electron chi connectivity index (χ0n) is 18.8. The first kappa shape index (κ1) is 21.1. The second kappa shape index (κ2) is 8.31. The van der Waals surface area contributed by atoms with E-state index in [-0.39, 0.29) is 5.91 Å². The van der Waals surface area contributed by atoms with Crippen LogP contribution in [0.15, 0.2) is 58.5 Å². The van der Waals surface area contributed by atoms with Crippen LogP contribution in [0.5, 0.6) is 11.5 Å². The summed E-state index contributed by atoms with van der Waals surface area (Å²) in [5, 5.41) is 12.2. The Balaban J connectivity index is 1.40. The Labute approximate surface area is 192 Å².